The van der Waals surface area contributed by atoms with Crippen molar-refractivity contribution < 1.29 is 9.15 Å². The van der Waals surface area contributed by atoms with E-state index in [9.17, 15) is 4.79 Å². The van der Waals surface area contributed by atoms with E-state index in [0.29, 0.717) is 23.1 Å². The van der Waals surface area contributed by atoms with Gasteiger partial charge in [0, 0.05) is 17.2 Å². The maximum Gasteiger partial charge on any atom is 0.336 e. The molecule has 1 aliphatic rings. The number of aromatic nitrogens is 4. The van der Waals surface area contributed by atoms with Crippen molar-refractivity contribution in [1.29, 1.82) is 0 Å². The highest BCUT2D eigenvalue weighted by Crippen LogP contribution is 2.32. The van der Waals surface area contributed by atoms with Crippen LogP contribution in [0.5, 0.6) is 5.75 Å². The van der Waals surface area contributed by atoms with Crippen LogP contribution in [0.1, 0.15) is 30.0 Å². The molecular weight excluding hydrogens is 400 g/mol. The van der Waals surface area contributed by atoms with E-state index in [1.165, 1.54) is 22.9 Å². The third-order valence-corrected chi connectivity index (χ3v) is 6.20. The number of benzene rings is 2. The first-order valence-corrected chi connectivity index (χ1v) is 10.9. The Morgan fingerprint density at radius 3 is 2.87 bits per heavy atom. The van der Waals surface area contributed by atoms with Gasteiger partial charge >= 0.3 is 5.63 Å². The van der Waals surface area contributed by atoms with Crippen LogP contribution in [0.2, 0.25) is 0 Å². The van der Waals surface area contributed by atoms with E-state index in [1.54, 1.807) is 10.7 Å². The Kier molecular flexibility index (Phi) is 5.00. The summed E-state index contributed by atoms with van der Waals surface area (Å²) in [5, 5.41) is 13.8. The molecule has 152 valence electrons. The molecule has 0 spiro atoms. The summed E-state index contributed by atoms with van der Waals surface area (Å²) in [5.74, 6) is 1.27. The van der Waals surface area contributed by atoms with Crippen LogP contribution in [0, 0.1) is 0 Å². The Labute approximate surface area is 177 Å². The molecule has 0 amide bonds. The lowest BCUT2D eigenvalue weighted by Crippen LogP contribution is -2.04. The van der Waals surface area contributed by atoms with Crippen molar-refractivity contribution in [2.24, 2.45) is 0 Å². The van der Waals surface area contributed by atoms with Crippen LogP contribution in [0.25, 0.3) is 16.7 Å². The second kappa shape index (κ2) is 7.95. The fourth-order valence-corrected chi connectivity index (χ4v) is 4.76. The van der Waals surface area contributed by atoms with E-state index >= 15 is 0 Å². The second-order valence-electron chi connectivity index (χ2n) is 7.12. The van der Waals surface area contributed by atoms with Gasteiger partial charge in [-0.05, 0) is 77.6 Å². The summed E-state index contributed by atoms with van der Waals surface area (Å²) in [6, 6.07) is 13.4. The molecule has 0 saturated carbocycles. The van der Waals surface area contributed by atoms with Crippen molar-refractivity contribution in [3.8, 4) is 11.4 Å². The van der Waals surface area contributed by atoms with Crippen molar-refractivity contribution in [1.82, 2.24) is 20.2 Å². The van der Waals surface area contributed by atoms with E-state index in [2.05, 4.69) is 21.6 Å². The van der Waals surface area contributed by atoms with Crippen LogP contribution in [0.3, 0.4) is 0 Å². The van der Waals surface area contributed by atoms with Gasteiger partial charge in [0.15, 0.2) is 0 Å². The van der Waals surface area contributed by atoms with Crippen molar-refractivity contribution in [2.45, 2.75) is 37.1 Å². The van der Waals surface area contributed by atoms with E-state index < -0.39 is 0 Å². The summed E-state index contributed by atoms with van der Waals surface area (Å²) in [6.45, 7) is 2.49. The molecule has 2 aromatic carbocycles. The summed E-state index contributed by atoms with van der Waals surface area (Å²) >= 11 is 1.48. The minimum atomic E-state index is -0.336. The van der Waals surface area contributed by atoms with E-state index in [-0.39, 0.29) is 5.63 Å². The first-order chi connectivity index (χ1) is 14.7. The van der Waals surface area contributed by atoms with Crippen molar-refractivity contribution in [3.63, 3.8) is 0 Å². The van der Waals surface area contributed by atoms with Gasteiger partial charge in [0.2, 0.25) is 5.16 Å². The van der Waals surface area contributed by atoms with Gasteiger partial charge in [0.25, 0.3) is 0 Å². The smallest absolute Gasteiger partial charge is 0.336 e. The minimum Gasteiger partial charge on any atom is -0.492 e. The summed E-state index contributed by atoms with van der Waals surface area (Å²) in [4.78, 5) is 12.1. The molecule has 0 unspecified atom stereocenters. The van der Waals surface area contributed by atoms with Crippen molar-refractivity contribution in [3.05, 3.63) is 69.6 Å². The molecule has 7 nitrogen and oxygen atoms in total. The van der Waals surface area contributed by atoms with Gasteiger partial charge in [-0.25, -0.2) is 4.79 Å². The monoisotopic (exact) mass is 420 g/mol. The molecule has 2 aromatic heterocycles. The molecule has 0 fully saturated rings. The molecular formula is C22H20N4O3S. The molecule has 0 bridgehead atoms. The number of fused-ring (bicyclic) bond motifs is 2. The van der Waals surface area contributed by atoms with Crippen molar-refractivity contribution >= 4 is 22.7 Å². The van der Waals surface area contributed by atoms with Crippen LogP contribution in [-0.2, 0) is 18.6 Å². The molecule has 8 heteroatoms. The van der Waals surface area contributed by atoms with Crippen LogP contribution < -0.4 is 10.4 Å². The van der Waals surface area contributed by atoms with Gasteiger partial charge in [0.1, 0.15) is 17.0 Å². The zero-order valence-electron chi connectivity index (χ0n) is 16.5. The highest BCUT2D eigenvalue weighted by atomic mass is 32.2. The van der Waals surface area contributed by atoms with Crippen LogP contribution in [0.4, 0.5) is 0 Å². The number of aryl methyl sites for hydroxylation is 2. The lowest BCUT2D eigenvalue weighted by Gasteiger charge is -2.11. The normalized spacial score (nSPS) is 13.0. The number of ether oxygens (including phenoxy) is 1. The van der Waals surface area contributed by atoms with Crippen molar-refractivity contribution in [2.75, 3.05) is 6.61 Å². The van der Waals surface area contributed by atoms with E-state index in [4.69, 9.17) is 9.15 Å². The molecule has 0 atom stereocenters. The van der Waals surface area contributed by atoms with Gasteiger partial charge in [-0.2, -0.15) is 4.68 Å². The number of hydrogen-bond donors (Lipinski definition) is 0. The molecule has 0 saturated heterocycles. The Morgan fingerprint density at radius 1 is 1.17 bits per heavy atom. The maximum absolute atomic E-state index is 12.1. The lowest BCUT2D eigenvalue weighted by molar-refractivity contribution is 0.337. The predicted molar refractivity (Wildman–Crippen MR) is 114 cm³/mol. The highest BCUT2D eigenvalue weighted by Gasteiger charge is 2.17. The number of thioether (sulfide) groups is 1. The van der Waals surface area contributed by atoms with Gasteiger partial charge < -0.3 is 9.15 Å². The molecule has 1 aliphatic carbocycles. The largest absolute Gasteiger partial charge is 0.492 e. The SMILES string of the molecule is CCOc1ccccc1-n1nnnc1SCc1cc(=O)oc2cc3c(cc12)CCC3. The summed E-state index contributed by atoms with van der Waals surface area (Å²) < 4.78 is 12.9. The third-order valence-electron chi connectivity index (χ3n) is 5.23. The van der Waals surface area contributed by atoms with Gasteiger partial charge in [-0.15, -0.1) is 5.10 Å². The summed E-state index contributed by atoms with van der Waals surface area (Å²) in [5.41, 5.74) is 4.65. The average molecular weight is 420 g/mol. The van der Waals surface area contributed by atoms with E-state index in [0.717, 1.165) is 41.6 Å². The van der Waals surface area contributed by atoms with E-state index in [1.807, 2.05) is 37.3 Å². The third kappa shape index (κ3) is 3.47. The minimum absolute atomic E-state index is 0.336. The predicted octanol–water partition coefficient (Wildman–Crippen LogP) is 3.95. The number of hydrogen-bond acceptors (Lipinski definition) is 7. The highest BCUT2D eigenvalue weighted by molar-refractivity contribution is 7.98. The van der Waals surface area contributed by atoms with Gasteiger partial charge in [-0.3, -0.25) is 0 Å². The fourth-order valence-electron chi connectivity index (χ4n) is 3.89. The molecule has 5 rings (SSSR count). The average Bonchev–Trinajstić information content (AvgIpc) is 3.40. The Hall–Kier alpha value is -3.13. The summed E-state index contributed by atoms with van der Waals surface area (Å²) in [7, 11) is 0. The number of para-hydroxylation sites is 2. The topological polar surface area (TPSA) is 83.0 Å². The van der Waals surface area contributed by atoms with Crippen LogP contribution >= 0.6 is 11.8 Å². The first kappa shape index (κ1) is 18.9. The first-order valence-electron chi connectivity index (χ1n) is 9.95. The van der Waals surface area contributed by atoms with Gasteiger partial charge in [-0.1, -0.05) is 23.9 Å². The van der Waals surface area contributed by atoms with Gasteiger partial charge in [0.05, 0.1) is 6.61 Å². The standard InChI is InChI=1S/C22H20N4O3S/c1-2-28-19-9-4-3-8-18(19)26-22(23-24-25-26)30-13-16-12-21(27)29-20-11-15-7-5-6-14(15)10-17(16)20/h3-4,8-12H,2,5-7,13H2,1H3. The summed E-state index contributed by atoms with van der Waals surface area (Å²) in [6.07, 6.45) is 3.26. The number of nitrogens with zero attached hydrogens (tertiary/aromatic N) is 4. The van der Waals surface area contributed by atoms with Crippen LogP contribution in [-0.4, -0.2) is 26.8 Å². The number of tetrazole rings is 1. The molecule has 0 aliphatic heterocycles. The second-order valence-corrected chi connectivity index (χ2v) is 8.07. The Bertz CT molecular complexity index is 1280. The zero-order chi connectivity index (χ0) is 20.5. The van der Waals surface area contributed by atoms with Crippen LogP contribution in [0.15, 0.2) is 56.8 Å². The Morgan fingerprint density at radius 2 is 2.00 bits per heavy atom. The fraction of sp³-hybridized carbons (Fsp3) is 0.273. The quantitative estimate of drug-likeness (QED) is 0.345. The molecule has 4 aromatic rings. The molecule has 30 heavy (non-hydrogen) atoms. The zero-order valence-corrected chi connectivity index (χ0v) is 17.3. The molecule has 0 radical (unpaired) electrons. The Balaban J connectivity index is 1.48. The molecule has 0 N–H and O–H groups in total. The maximum atomic E-state index is 12.1. The molecule has 2 heterocycles. The lowest BCUT2D eigenvalue weighted by atomic mass is 10.0. The number of rotatable bonds is 6.